The van der Waals surface area contributed by atoms with Gasteiger partial charge in [-0.05, 0) is 42.7 Å². The van der Waals surface area contributed by atoms with Gasteiger partial charge in [0.2, 0.25) is 0 Å². The topological polar surface area (TPSA) is 73.6 Å². The molecule has 24 heavy (non-hydrogen) atoms. The molecule has 0 atom stereocenters. The van der Waals surface area contributed by atoms with Crippen molar-refractivity contribution in [3.8, 4) is 5.75 Å². The van der Waals surface area contributed by atoms with E-state index in [0.29, 0.717) is 37.4 Å². The lowest BCUT2D eigenvalue weighted by Gasteiger charge is -2.21. The number of rotatable bonds is 5. The molecule has 0 amide bonds. The van der Waals surface area contributed by atoms with E-state index in [0.717, 1.165) is 22.4 Å². The summed E-state index contributed by atoms with van der Waals surface area (Å²) in [6.07, 6.45) is 3.01. The molecule has 1 aliphatic rings. The Balaban J connectivity index is 2.32. The van der Waals surface area contributed by atoms with Gasteiger partial charge in [-0.25, -0.2) is 0 Å². The fourth-order valence-corrected chi connectivity index (χ4v) is 3.12. The highest BCUT2D eigenvalue weighted by molar-refractivity contribution is 6.68. The van der Waals surface area contributed by atoms with Crippen LogP contribution in [0.4, 0.5) is 5.69 Å². The van der Waals surface area contributed by atoms with Crippen LogP contribution in [0.2, 0.25) is 0 Å². The Morgan fingerprint density at radius 1 is 1.29 bits per heavy atom. The minimum Gasteiger partial charge on any atom is -0.489 e. The van der Waals surface area contributed by atoms with Gasteiger partial charge >= 0.3 is 0 Å². The molecule has 0 aliphatic carbocycles. The number of nitrogen functional groups attached to an aromatic ring is 1. The average Bonchev–Trinajstić information content (AvgIpc) is 2.47. The molecule has 132 valence electrons. The number of nitrogens with zero attached hydrogens (tertiary/aromatic N) is 1. The van der Waals surface area contributed by atoms with Gasteiger partial charge in [0.1, 0.15) is 5.75 Å². The SMILES string of the molecule is CC(C)Oc1cc(C2=CCN=C(CC(Cl)(Cl)Cl)C2)c(CN)cc1N. The standard InChI is InChI=1S/C17H22Cl3N3O/c1-10(2)24-16-7-14(12(9-21)6-15(16)22)11-3-4-23-13(5-11)8-17(18,19)20/h3,6-7,10H,4-5,8-9,21-22H2,1-2H3. The summed E-state index contributed by atoms with van der Waals surface area (Å²) >= 11 is 17.7. The van der Waals surface area contributed by atoms with Gasteiger partial charge in [0, 0.05) is 25.1 Å². The van der Waals surface area contributed by atoms with Gasteiger partial charge in [0.25, 0.3) is 0 Å². The molecule has 2 rings (SSSR count). The van der Waals surface area contributed by atoms with E-state index >= 15 is 0 Å². The first-order valence-corrected chi connectivity index (χ1v) is 8.90. The van der Waals surface area contributed by atoms with Gasteiger partial charge in [-0.3, -0.25) is 4.99 Å². The lowest BCUT2D eigenvalue weighted by Crippen LogP contribution is -2.16. The fourth-order valence-electron chi connectivity index (χ4n) is 2.66. The van der Waals surface area contributed by atoms with Crippen LogP contribution >= 0.6 is 34.8 Å². The number of alkyl halides is 3. The number of dihydropyridines is 1. The minimum atomic E-state index is -1.34. The number of allylic oxidation sites excluding steroid dienone is 1. The van der Waals surface area contributed by atoms with Crippen LogP contribution in [0.1, 0.15) is 37.8 Å². The smallest absolute Gasteiger partial charge is 0.195 e. The molecule has 1 aliphatic heterocycles. The number of benzene rings is 1. The molecule has 4 N–H and O–H groups in total. The number of nitrogens with two attached hydrogens (primary N) is 2. The molecular formula is C17H22Cl3N3O. The zero-order chi connectivity index (χ0) is 17.9. The lowest BCUT2D eigenvalue weighted by molar-refractivity contribution is 0.243. The quantitative estimate of drug-likeness (QED) is 0.574. The summed E-state index contributed by atoms with van der Waals surface area (Å²) in [7, 11) is 0. The average molecular weight is 391 g/mol. The number of hydrogen-bond donors (Lipinski definition) is 2. The van der Waals surface area contributed by atoms with Crippen molar-refractivity contribution in [3.63, 3.8) is 0 Å². The van der Waals surface area contributed by atoms with E-state index in [1.807, 2.05) is 26.0 Å². The third-order valence-corrected chi connectivity index (χ3v) is 4.02. The van der Waals surface area contributed by atoms with E-state index in [9.17, 15) is 0 Å². The van der Waals surface area contributed by atoms with Gasteiger partial charge in [-0.2, -0.15) is 0 Å². The Kier molecular flexibility index (Phi) is 6.43. The van der Waals surface area contributed by atoms with Gasteiger partial charge in [0.15, 0.2) is 3.79 Å². The highest BCUT2D eigenvalue weighted by Gasteiger charge is 2.25. The van der Waals surface area contributed by atoms with Gasteiger partial charge < -0.3 is 16.2 Å². The first-order chi connectivity index (χ1) is 11.2. The molecule has 0 aromatic heterocycles. The second-order valence-electron chi connectivity index (χ2n) is 6.02. The molecular weight excluding hydrogens is 369 g/mol. The summed E-state index contributed by atoms with van der Waals surface area (Å²) in [6.45, 7) is 4.86. The Hall–Kier alpha value is -0.940. The van der Waals surface area contributed by atoms with Gasteiger partial charge in [0.05, 0.1) is 18.3 Å². The molecule has 4 nitrogen and oxygen atoms in total. The van der Waals surface area contributed by atoms with Crippen molar-refractivity contribution >= 4 is 51.8 Å². The summed E-state index contributed by atoms with van der Waals surface area (Å²) in [5, 5.41) is 0. The zero-order valence-corrected chi connectivity index (χ0v) is 16.0. The molecule has 0 fully saturated rings. The maximum absolute atomic E-state index is 6.08. The Labute approximate surface area is 157 Å². The first kappa shape index (κ1) is 19.4. The molecule has 0 spiro atoms. The molecule has 1 aromatic rings. The number of aliphatic imine (C=N–C) groups is 1. The summed E-state index contributed by atoms with van der Waals surface area (Å²) in [4.78, 5) is 4.43. The summed E-state index contributed by atoms with van der Waals surface area (Å²) in [5.41, 5.74) is 16.5. The minimum absolute atomic E-state index is 0.0331. The summed E-state index contributed by atoms with van der Waals surface area (Å²) in [5.74, 6) is 0.656. The maximum atomic E-state index is 6.08. The van der Waals surface area contributed by atoms with E-state index in [-0.39, 0.29) is 6.10 Å². The second kappa shape index (κ2) is 7.96. The van der Waals surface area contributed by atoms with Crippen molar-refractivity contribution < 1.29 is 4.74 Å². The predicted molar refractivity (Wildman–Crippen MR) is 104 cm³/mol. The van der Waals surface area contributed by atoms with Crippen molar-refractivity contribution in [1.29, 1.82) is 0 Å². The van der Waals surface area contributed by atoms with Crippen molar-refractivity contribution in [3.05, 3.63) is 29.3 Å². The molecule has 0 bridgehead atoms. The van der Waals surface area contributed by atoms with Crippen molar-refractivity contribution in [1.82, 2.24) is 0 Å². The highest BCUT2D eigenvalue weighted by atomic mass is 35.6. The monoisotopic (exact) mass is 389 g/mol. The van der Waals surface area contributed by atoms with Crippen LogP contribution in [-0.2, 0) is 6.54 Å². The van der Waals surface area contributed by atoms with Crippen LogP contribution in [-0.4, -0.2) is 22.2 Å². The van der Waals surface area contributed by atoms with Crippen molar-refractivity contribution in [2.45, 2.75) is 43.1 Å². The predicted octanol–water partition coefficient (Wildman–Crippen LogP) is 4.50. The van der Waals surface area contributed by atoms with E-state index < -0.39 is 3.79 Å². The second-order valence-corrected chi connectivity index (χ2v) is 8.54. The Morgan fingerprint density at radius 3 is 2.58 bits per heavy atom. The van der Waals surface area contributed by atoms with Crippen LogP contribution in [0, 0.1) is 0 Å². The molecule has 0 saturated carbocycles. The van der Waals surface area contributed by atoms with Crippen LogP contribution in [0.15, 0.2) is 23.2 Å². The third-order valence-electron chi connectivity index (χ3n) is 3.62. The normalized spacial score (nSPS) is 15.3. The third kappa shape index (κ3) is 5.28. The largest absolute Gasteiger partial charge is 0.489 e. The molecule has 7 heteroatoms. The van der Waals surface area contributed by atoms with E-state index in [2.05, 4.69) is 11.1 Å². The van der Waals surface area contributed by atoms with E-state index in [4.69, 9.17) is 51.0 Å². The summed E-state index contributed by atoms with van der Waals surface area (Å²) in [6, 6.07) is 3.82. The summed E-state index contributed by atoms with van der Waals surface area (Å²) < 4.78 is 4.45. The molecule has 0 saturated heterocycles. The van der Waals surface area contributed by atoms with E-state index in [1.54, 1.807) is 0 Å². The maximum Gasteiger partial charge on any atom is 0.195 e. The number of halogens is 3. The van der Waals surface area contributed by atoms with Crippen LogP contribution < -0.4 is 16.2 Å². The van der Waals surface area contributed by atoms with Crippen LogP contribution in [0.5, 0.6) is 5.75 Å². The Bertz CT molecular complexity index is 664. The molecule has 1 heterocycles. The molecule has 0 radical (unpaired) electrons. The highest BCUT2D eigenvalue weighted by Crippen LogP contribution is 2.36. The van der Waals surface area contributed by atoms with Crippen LogP contribution in [0.3, 0.4) is 0 Å². The fraction of sp³-hybridized carbons (Fsp3) is 0.471. The van der Waals surface area contributed by atoms with Crippen molar-refractivity contribution in [2.75, 3.05) is 12.3 Å². The van der Waals surface area contributed by atoms with Crippen molar-refractivity contribution in [2.24, 2.45) is 10.7 Å². The van der Waals surface area contributed by atoms with Crippen LogP contribution in [0.25, 0.3) is 5.57 Å². The zero-order valence-electron chi connectivity index (χ0n) is 13.8. The van der Waals surface area contributed by atoms with Gasteiger partial charge in [-0.15, -0.1) is 0 Å². The Morgan fingerprint density at radius 2 is 2.00 bits per heavy atom. The lowest BCUT2D eigenvalue weighted by atomic mass is 9.92. The first-order valence-electron chi connectivity index (χ1n) is 7.77. The van der Waals surface area contributed by atoms with Gasteiger partial charge in [-0.1, -0.05) is 40.9 Å². The number of anilines is 1. The van der Waals surface area contributed by atoms with E-state index in [1.165, 1.54) is 0 Å². The number of ether oxygens (including phenoxy) is 1. The molecule has 0 unspecified atom stereocenters. The number of hydrogen-bond acceptors (Lipinski definition) is 4. The molecule has 1 aromatic carbocycles.